The topological polar surface area (TPSA) is 15.3 Å². The van der Waals surface area contributed by atoms with Crippen LogP contribution in [0.2, 0.25) is 5.02 Å². The molecule has 0 aliphatic carbocycles. The second-order valence-corrected chi connectivity index (χ2v) is 6.83. The van der Waals surface area contributed by atoms with Gasteiger partial charge in [-0.2, -0.15) is 0 Å². The average Bonchev–Trinajstić information content (AvgIpc) is 2.82. The van der Waals surface area contributed by atoms with Crippen LogP contribution >= 0.6 is 27.5 Å². The summed E-state index contributed by atoms with van der Waals surface area (Å²) in [5, 5.41) is 4.24. The Bertz CT molecular complexity index is 685. The van der Waals surface area contributed by atoms with Crippen LogP contribution in [0.4, 0.5) is 11.4 Å². The number of rotatable bonds is 3. The molecule has 1 aliphatic rings. The first-order valence-electron chi connectivity index (χ1n) is 7.07. The van der Waals surface area contributed by atoms with E-state index < -0.39 is 0 Å². The summed E-state index contributed by atoms with van der Waals surface area (Å²) in [6.45, 7) is 3.92. The van der Waals surface area contributed by atoms with Gasteiger partial charge in [0.25, 0.3) is 0 Å². The summed E-state index contributed by atoms with van der Waals surface area (Å²) in [4.78, 5) is 2.31. The number of nitrogens with one attached hydrogen (secondary N) is 1. The van der Waals surface area contributed by atoms with E-state index in [-0.39, 0.29) is 0 Å². The highest BCUT2D eigenvalue weighted by Gasteiger charge is 2.15. The summed E-state index contributed by atoms with van der Waals surface area (Å²) < 4.78 is 1.05. The first-order valence-corrected chi connectivity index (χ1v) is 8.24. The van der Waals surface area contributed by atoms with E-state index in [4.69, 9.17) is 11.6 Å². The number of aryl methyl sites for hydroxylation is 1. The normalized spacial score (nSPS) is 13.4. The predicted octanol–water partition coefficient (Wildman–Crippen LogP) is 5.02. The third kappa shape index (κ3) is 3.04. The van der Waals surface area contributed by atoms with Crippen molar-refractivity contribution in [2.45, 2.75) is 19.9 Å². The van der Waals surface area contributed by atoms with Crippen molar-refractivity contribution in [2.75, 3.05) is 23.8 Å². The Labute approximate surface area is 139 Å². The highest BCUT2D eigenvalue weighted by atomic mass is 79.9. The van der Waals surface area contributed by atoms with Crippen molar-refractivity contribution in [3.05, 3.63) is 56.5 Å². The van der Waals surface area contributed by atoms with Gasteiger partial charge in [0.05, 0.1) is 5.69 Å². The quantitative estimate of drug-likeness (QED) is 0.822. The van der Waals surface area contributed by atoms with Gasteiger partial charge in [0.15, 0.2) is 0 Å². The van der Waals surface area contributed by atoms with Crippen LogP contribution in [-0.2, 0) is 13.0 Å². The minimum absolute atomic E-state index is 0.788. The highest BCUT2D eigenvalue weighted by molar-refractivity contribution is 9.10. The van der Waals surface area contributed by atoms with Gasteiger partial charge >= 0.3 is 0 Å². The smallest absolute Gasteiger partial charge is 0.0502 e. The predicted molar refractivity (Wildman–Crippen MR) is 94.6 cm³/mol. The van der Waals surface area contributed by atoms with Gasteiger partial charge in [-0.25, -0.2) is 0 Å². The molecule has 0 atom stereocenters. The molecule has 2 nitrogen and oxygen atoms in total. The molecule has 0 saturated carbocycles. The van der Waals surface area contributed by atoms with E-state index in [9.17, 15) is 0 Å². The molecule has 2 aromatic rings. The van der Waals surface area contributed by atoms with Gasteiger partial charge < -0.3 is 10.2 Å². The summed E-state index contributed by atoms with van der Waals surface area (Å²) in [6.07, 6.45) is 1.14. The lowest BCUT2D eigenvalue weighted by molar-refractivity contribution is 0.955. The largest absolute Gasteiger partial charge is 0.380 e. The van der Waals surface area contributed by atoms with Crippen LogP contribution in [-0.4, -0.2) is 13.6 Å². The van der Waals surface area contributed by atoms with Crippen LogP contribution in [0.25, 0.3) is 0 Å². The number of hydrogen-bond donors (Lipinski definition) is 1. The molecule has 1 aliphatic heterocycles. The maximum Gasteiger partial charge on any atom is 0.0502 e. The Hall–Kier alpha value is -1.19. The fourth-order valence-electron chi connectivity index (χ4n) is 2.71. The highest BCUT2D eigenvalue weighted by Crippen LogP contribution is 2.31. The molecule has 110 valence electrons. The van der Waals surface area contributed by atoms with Crippen molar-refractivity contribution in [3.63, 3.8) is 0 Å². The van der Waals surface area contributed by atoms with Crippen molar-refractivity contribution >= 4 is 38.9 Å². The zero-order chi connectivity index (χ0) is 15.0. The Balaban J connectivity index is 1.75. The van der Waals surface area contributed by atoms with Crippen molar-refractivity contribution in [1.29, 1.82) is 0 Å². The van der Waals surface area contributed by atoms with Crippen LogP contribution < -0.4 is 10.2 Å². The molecule has 0 fully saturated rings. The lowest BCUT2D eigenvalue weighted by Gasteiger charge is -2.13. The summed E-state index contributed by atoms with van der Waals surface area (Å²) >= 11 is 9.78. The lowest BCUT2D eigenvalue weighted by atomic mass is 10.1. The van der Waals surface area contributed by atoms with Crippen molar-refractivity contribution < 1.29 is 0 Å². The van der Waals surface area contributed by atoms with Gasteiger partial charge in [0.1, 0.15) is 0 Å². The summed E-state index contributed by atoms with van der Waals surface area (Å²) in [5.74, 6) is 0. The second kappa shape index (κ2) is 5.90. The lowest BCUT2D eigenvalue weighted by Crippen LogP contribution is -2.12. The molecule has 0 bridgehead atoms. The van der Waals surface area contributed by atoms with Crippen LogP contribution in [0.15, 0.2) is 34.8 Å². The zero-order valence-corrected chi connectivity index (χ0v) is 14.6. The Morgan fingerprint density at radius 3 is 2.90 bits per heavy atom. The summed E-state index contributed by atoms with van der Waals surface area (Å²) in [7, 11) is 2.15. The summed E-state index contributed by atoms with van der Waals surface area (Å²) in [5.41, 5.74) is 6.21. The minimum atomic E-state index is 0.788. The summed E-state index contributed by atoms with van der Waals surface area (Å²) in [6, 6.07) is 10.7. The van der Waals surface area contributed by atoms with E-state index in [2.05, 4.69) is 51.4 Å². The first-order chi connectivity index (χ1) is 10.0. The maximum atomic E-state index is 6.19. The molecule has 0 radical (unpaired) electrons. The number of likely N-dealkylation sites (N-methyl/N-ethyl adjacent to an activating group) is 1. The van der Waals surface area contributed by atoms with E-state index in [0.717, 1.165) is 40.3 Å². The van der Waals surface area contributed by atoms with Gasteiger partial charge in [0.2, 0.25) is 0 Å². The molecule has 1 heterocycles. The third-order valence-corrected chi connectivity index (χ3v) is 5.07. The van der Waals surface area contributed by atoms with E-state index >= 15 is 0 Å². The monoisotopic (exact) mass is 364 g/mol. The number of fused-ring (bicyclic) bond motifs is 1. The van der Waals surface area contributed by atoms with Crippen molar-refractivity contribution in [3.8, 4) is 0 Å². The molecule has 0 spiro atoms. The van der Waals surface area contributed by atoms with Gasteiger partial charge in [-0.3, -0.25) is 0 Å². The second-order valence-electron chi connectivity index (χ2n) is 5.57. The molecular formula is C17H18BrClN2. The molecule has 4 heteroatoms. The van der Waals surface area contributed by atoms with E-state index in [1.807, 2.05) is 19.1 Å². The van der Waals surface area contributed by atoms with Crippen LogP contribution in [0, 0.1) is 6.92 Å². The fraction of sp³-hybridized carbons (Fsp3) is 0.294. The minimum Gasteiger partial charge on any atom is -0.380 e. The Morgan fingerprint density at radius 2 is 2.10 bits per heavy atom. The molecule has 3 rings (SSSR count). The van der Waals surface area contributed by atoms with E-state index in [0.29, 0.717) is 0 Å². The van der Waals surface area contributed by atoms with Crippen LogP contribution in [0.1, 0.15) is 16.7 Å². The molecule has 0 unspecified atom stereocenters. The Morgan fingerprint density at radius 1 is 1.29 bits per heavy atom. The van der Waals surface area contributed by atoms with Crippen LogP contribution in [0.5, 0.6) is 0 Å². The number of nitrogens with zero attached hydrogens (tertiary/aromatic N) is 1. The number of hydrogen-bond acceptors (Lipinski definition) is 2. The fourth-order valence-corrected chi connectivity index (χ4v) is 3.47. The van der Waals surface area contributed by atoms with Crippen molar-refractivity contribution in [2.24, 2.45) is 0 Å². The number of benzene rings is 2. The maximum absolute atomic E-state index is 6.19. The van der Waals surface area contributed by atoms with Gasteiger partial charge in [-0.15, -0.1) is 0 Å². The molecule has 1 N–H and O–H groups in total. The molecular weight excluding hydrogens is 348 g/mol. The molecule has 21 heavy (non-hydrogen) atoms. The Kier molecular flexibility index (Phi) is 4.14. The van der Waals surface area contributed by atoms with Gasteiger partial charge in [-0.1, -0.05) is 23.7 Å². The molecule has 0 aromatic heterocycles. The average molecular weight is 366 g/mol. The van der Waals surface area contributed by atoms with Crippen LogP contribution in [0.3, 0.4) is 0 Å². The molecule has 0 saturated heterocycles. The van der Waals surface area contributed by atoms with E-state index in [1.165, 1.54) is 16.8 Å². The standard InChI is InChI=1S/C17H18BrClN2/c1-11-7-14(18)16(9-15(11)19)20-10-12-3-4-17-13(8-12)5-6-21(17)2/h3-4,7-9,20H,5-6,10H2,1-2H3. The number of anilines is 2. The first kappa shape index (κ1) is 14.7. The van der Waals surface area contributed by atoms with Gasteiger partial charge in [0, 0.05) is 35.3 Å². The van der Waals surface area contributed by atoms with Crippen molar-refractivity contribution in [1.82, 2.24) is 0 Å². The van der Waals surface area contributed by atoms with Gasteiger partial charge in [-0.05, 0) is 64.2 Å². The third-order valence-electron chi connectivity index (χ3n) is 4.00. The van der Waals surface area contributed by atoms with E-state index in [1.54, 1.807) is 0 Å². The molecule has 2 aromatic carbocycles. The molecule has 0 amide bonds. The number of halogens is 2. The zero-order valence-electron chi connectivity index (χ0n) is 12.2. The SMILES string of the molecule is Cc1cc(Br)c(NCc2ccc3c(c2)CCN3C)cc1Cl.